The molecule has 0 unspecified atom stereocenters. The van der Waals surface area contributed by atoms with Crippen molar-refractivity contribution < 1.29 is 9.53 Å². The monoisotopic (exact) mass is 460 g/mol. The maximum Gasteiger partial charge on any atom is 0.282 e. The van der Waals surface area contributed by atoms with Gasteiger partial charge < -0.3 is 4.74 Å². The molecular weight excluding hydrogens is 440 g/mol. The fourth-order valence-corrected chi connectivity index (χ4v) is 3.57. The quantitative estimate of drug-likeness (QED) is 0.438. The summed E-state index contributed by atoms with van der Waals surface area (Å²) in [6.07, 6.45) is 1.81. The number of halogens is 1. The van der Waals surface area contributed by atoms with E-state index in [1.54, 1.807) is 4.90 Å². The van der Waals surface area contributed by atoms with E-state index in [0.29, 0.717) is 18.1 Å². The maximum absolute atomic E-state index is 13.4. The van der Waals surface area contributed by atoms with Gasteiger partial charge in [0.1, 0.15) is 17.3 Å². The van der Waals surface area contributed by atoms with Gasteiger partial charge in [0.2, 0.25) is 0 Å². The zero-order valence-corrected chi connectivity index (χ0v) is 18.4. The molecule has 3 aromatic carbocycles. The molecule has 0 fully saturated rings. The van der Waals surface area contributed by atoms with Crippen molar-refractivity contribution in [2.24, 2.45) is 4.99 Å². The Morgan fingerprint density at radius 1 is 1.03 bits per heavy atom. The summed E-state index contributed by atoms with van der Waals surface area (Å²) in [5, 5.41) is 0. The van der Waals surface area contributed by atoms with Crippen LogP contribution in [0.1, 0.15) is 23.6 Å². The highest BCUT2D eigenvalue weighted by Crippen LogP contribution is 2.29. The van der Waals surface area contributed by atoms with Crippen LogP contribution in [0.25, 0.3) is 6.08 Å². The van der Waals surface area contributed by atoms with Crippen LogP contribution in [-0.4, -0.2) is 18.3 Å². The van der Waals surface area contributed by atoms with Crippen LogP contribution in [-0.2, 0) is 4.79 Å². The first kappa shape index (κ1) is 20.1. The van der Waals surface area contributed by atoms with Gasteiger partial charge in [-0.2, -0.15) is 0 Å². The van der Waals surface area contributed by atoms with Gasteiger partial charge in [0.15, 0.2) is 0 Å². The van der Waals surface area contributed by atoms with Crippen molar-refractivity contribution in [1.82, 2.24) is 0 Å². The van der Waals surface area contributed by atoms with E-state index in [1.807, 2.05) is 92.7 Å². The molecule has 0 aliphatic carbocycles. The first-order chi connectivity index (χ1) is 14.5. The Kier molecular flexibility index (Phi) is 5.81. The Morgan fingerprint density at radius 2 is 1.77 bits per heavy atom. The van der Waals surface area contributed by atoms with Gasteiger partial charge in [0.05, 0.1) is 12.3 Å². The lowest BCUT2D eigenvalue weighted by molar-refractivity contribution is -0.113. The topological polar surface area (TPSA) is 41.9 Å². The lowest BCUT2D eigenvalue weighted by Gasteiger charge is -2.19. The number of nitrogens with zero attached hydrogens (tertiary/aromatic N) is 2. The average Bonchev–Trinajstić information content (AvgIpc) is 3.06. The number of hydrogen-bond acceptors (Lipinski definition) is 3. The molecule has 0 N–H and O–H groups in total. The van der Waals surface area contributed by atoms with Crippen LogP contribution in [0.2, 0.25) is 0 Å². The highest BCUT2D eigenvalue weighted by Gasteiger charge is 2.32. The van der Waals surface area contributed by atoms with Crippen molar-refractivity contribution in [1.29, 1.82) is 0 Å². The Bertz CT molecular complexity index is 1130. The van der Waals surface area contributed by atoms with Gasteiger partial charge in [-0.05, 0) is 67.4 Å². The molecule has 0 bridgehead atoms. The predicted molar refractivity (Wildman–Crippen MR) is 125 cm³/mol. The van der Waals surface area contributed by atoms with Crippen molar-refractivity contribution in [2.45, 2.75) is 13.8 Å². The summed E-state index contributed by atoms with van der Waals surface area (Å²) in [6, 6.07) is 23.3. The molecule has 5 heteroatoms. The van der Waals surface area contributed by atoms with E-state index in [-0.39, 0.29) is 5.91 Å². The number of amidine groups is 1. The largest absolute Gasteiger partial charge is 0.494 e. The second kappa shape index (κ2) is 8.67. The summed E-state index contributed by atoms with van der Waals surface area (Å²) in [4.78, 5) is 19.7. The number of ether oxygens (including phenoxy) is 1. The van der Waals surface area contributed by atoms with E-state index >= 15 is 0 Å². The van der Waals surface area contributed by atoms with E-state index in [2.05, 4.69) is 15.9 Å². The molecule has 0 radical (unpaired) electrons. The van der Waals surface area contributed by atoms with Crippen LogP contribution in [0.5, 0.6) is 5.75 Å². The lowest BCUT2D eigenvalue weighted by Crippen LogP contribution is -2.32. The minimum atomic E-state index is -0.146. The third kappa shape index (κ3) is 4.21. The fraction of sp³-hybridized carbons (Fsp3) is 0.120. The maximum atomic E-state index is 13.4. The van der Waals surface area contributed by atoms with E-state index in [1.165, 1.54) is 0 Å². The van der Waals surface area contributed by atoms with E-state index in [9.17, 15) is 4.79 Å². The molecule has 0 atom stereocenters. The smallest absolute Gasteiger partial charge is 0.282 e. The van der Waals surface area contributed by atoms with Gasteiger partial charge >= 0.3 is 0 Å². The van der Waals surface area contributed by atoms with Crippen LogP contribution in [0, 0.1) is 6.92 Å². The summed E-state index contributed by atoms with van der Waals surface area (Å²) in [5.41, 5.74) is 4.06. The number of anilines is 1. The molecule has 4 nitrogen and oxygen atoms in total. The summed E-state index contributed by atoms with van der Waals surface area (Å²) in [5.74, 6) is 1.28. The first-order valence-corrected chi connectivity index (χ1v) is 10.5. The fourth-order valence-electron chi connectivity index (χ4n) is 3.30. The van der Waals surface area contributed by atoms with Crippen LogP contribution in [0.4, 0.5) is 5.69 Å². The van der Waals surface area contributed by atoms with Gasteiger partial charge in [-0.3, -0.25) is 9.69 Å². The van der Waals surface area contributed by atoms with Gasteiger partial charge in [-0.1, -0.05) is 52.3 Å². The number of amides is 1. The molecule has 1 amide bonds. The second-order valence-electron chi connectivity index (χ2n) is 6.95. The molecule has 0 spiro atoms. The van der Waals surface area contributed by atoms with Crippen molar-refractivity contribution in [3.8, 4) is 5.75 Å². The molecule has 1 aliphatic heterocycles. The Balaban J connectivity index is 1.76. The molecule has 30 heavy (non-hydrogen) atoms. The normalized spacial score (nSPS) is 14.9. The van der Waals surface area contributed by atoms with Crippen LogP contribution < -0.4 is 9.64 Å². The third-order valence-electron chi connectivity index (χ3n) is 4.72. The van der Waals surface area contributed by atoms with Crippen molar-refractivity contribution in [3.63, 3.8) is 0 Å². The van der Waals surface area contributed by atoms with Crippen LogP contribution in [0.3, 0.4) is 0 Å². The Morgan fingerprint density at radius 3 is 2.43 bits per heavy atom. The molecule has 150 valence electrons. The van der Waals surface area contributed by atoms with E-state index in [0.717, 1.165) is 32.6 Å². The van der Waals surface area contributed by atoms with Gasteiger partial charge in [-0.25, -0.2) is 4.99 Å². The van der Waals surface area contributed by atoms with Gasteiger partial charge in [-0.15, -0.1) is 0 Å². The number of hydrogen-bond donors (Lipinski definition) is 0. The number of carbonyl (C=O) groups is 1. The van der Waals surface area contributed by atoms with E-state index in [4.69, 9.17) is 9.73 Å². The van der Waals surface area contributed by atoms with Crippen molar-refractivity contribution in [2.75, 3.05) is 11.5 Å². The average molecular weight is 461 g/mol. The second-order valence-corrected chi connectivity index (χ2v) is 7.87. The summed E-state index contributed by atoms with van der Waals surface area (Å²) < 4.78 is 6.47. The molecular formula is C25H21BrN2O2. The van der Waals surface area contributed by atoms with Crippen molar-refractivity contribution >= 4 is 39.4 Å². The van der Waals surface area contributed by atoms with Crippen LogP contribution >= 0.6 is 15.9 Å². The predicted octanol–water partition coefficient (Wildman–Crippen LogP) is 5.99. The zero-order chi connectivity index (χ0) is 21.1. The SMILES string of the molecule is CCOc1ccc(/C=C2/N=C(c3ccc(Br)cc3)N(c3cccc(C)c3)C2=O)cc1. The minimum absolute atomic E-state index is 0.146. The molecule has 3 aromatic rings. The number of benzene rings is 3. The molecule has 0 saturated heterocycles. The van der Waals surface area contributed by atoms with Crippen LogP contribution in [0.15, 0.2) is 88.0 Å². The Labute approximate surface area is 184 Å². The summed E-state index contributed by atoms with van der Waals surface area (Å²) in [7, 11) is 0. The van der Waals surface area contributed by atoms with Crippen molar-refractivity contribution in [3.05, 3.63) is 99.7 Å². The Hall–Kier alpha value is -3.18. The number of aliphatic imine (C=N–C) groups is 1. The number of aryl methyl sites for hydroxylation is 1. The molecule has 1 aliphatic rings. The first-order valence-electron chi connectivity index (χ1n) is 9.75. The van der Waals surface area contributed by atoms with E-state index < -0.39 is 0 Å². The molecule has 0 aromatic heterocycles. The zero-order valence-electron chi connectivity index (χ0n) is 16.8. The highest BCUT2D eigenvalue weighted by atomic mass is 79.9. The number of carbonyl (C=O) groups excluding carboxylic acids is 1. The third-order valence-corrected chi connectivity index (χ3v) is 5.25. The highest BCUT2D eigenvalue weighted by molar-refractivity contribution is 9.10. The van der Waals surface area contributed by atoms with Gasteiger partial charge in [0.25, 0.3) is 5.91 Å². The summed E-state index contributed by atoms with van der Waals surface area (Å²) in [6.45, 7) is 4.58. The lowest BCUT2D eigenvalue weighted by atomic mass is 10.1. The number of rotatable bonds is 5. The summed E-state index contributed by atoms with van der Waals surface area (Å²) >= 11 is 3.47. The van der Waals surface area contributed by atoms with Gasteiger partial charge in [0, 0.05) is 10.0 Å². The molecule has 4 rings (SSSR count). The molecule has 0 saturated carbocycles. The minimum Gasteiger partial charge on any atom is -0.494 e. The standard InChI is InChI=1S/C25H21BrN2O2/c1-3-30-22-13-7-18(8-14-22)16-23-25(29)28(21-6-4-5-17(2)15-21)24(27-23)19-9-11-20(26)12-10-19/h4-16H,3H2,1-2H3/b23-16+. The molecule has 1 heterocycles.